The summed E-state index contributed by atoms with van der Waals surface area (Å²) in [5, 5.41) is 0.232. The molecule has 1 N–H and O–H groups in total. The number of hydrogen-bond donors (Lipinski definition) is 1. The molecule has 4 nitrogen and oxygen atoms in total. The van der Waals surface area contributed by atoms with Crippen LogP contribution >= 0.6 is 11.6 Å². The quantitative estimate of drug-likeness (QED) is 0.858. The molecule has 0 amide bonds. The number of nitrogens with one attached hydrogen (secondary N) is 1. The molecule has 0 unspecified atom stereocenters. The van der Waals surface area contributed by atoms with Gasteiger partial charge in [-0.05, 0) is 18.6 Å². The van der Waals surface area contributed by atoms with Crippen LogP contribution in [0.4, 0.5) is 0 Å². The number of halogens is 1. The number of hydrogen-bond acceptors (Lipinski definition) is 3. The van der Waals surface area contributed by atoms with E-state index in [0.29, 0.717) is 17.9 Å². The molecule has 92 valence electrons. The van der Waals surface area contributed by atoms with Crippen molar-refractivity contribution in [2.45, 2.75) is 24.7 Å². The van der Waals surface area contributed by atoms with Crippen LogP contribution in [0.25, 0.3) is 0 Å². The number of nitrogens with zero attached hydrogens (tertiary/aromatic N) is 1. The van der Waals surface area contributed by atoms with Gasteiger partial charge in [-0.25, -0.2) is 8.42 Å². The molecule has 0 aliphatic carbocycles. The summed E-state index contributed by atoms with van der Waals surface area (Å²) in [6, 6.07) is 5.00. The zero-order valence-corrected chi connectivity index (χ0v) is 11.0. The number of amidine groups is 1. The third-order valence-corrected chi connectivity index (χ3v) is 4.37. The van der Waals surface area contributed by atoms with Crippen LogP contribution in [0.1, 0.15) is 25.3 Å². The number of fused-ring (bicyclic) bond motifs is 1. The Morgan fingerprint density at radius 1 is 1.41 bits per heavy atom. The number of aliphatic imine (C=N–C) groups is 1. The van der Waals surface area contributed by atoms with E-state index in [2.05, 4.69) is 16.6 Å². The summed E-state index contributed by atoms with van der Waals surface area (Å²) < 4.78 is 26.1. The van der Waals surface area contributed by atoms with Gasteiger partial charge in [-0.15, -0.1) is 0 Å². The molecule has 0 saturated heterocycles. The first kappa shape index (κ1) is 12.4. The van der Waals surface area contributed by atoms with E-state index in [4.69, 9.17) is 11.6 Å². The van der Waals surface area contributed by atoms with Gasteiger partial charge in [0, 0.05) is 12.1 Å². The lowest BCUT2D eigenvalue weighted by Crippen LogP contribution is -2.22. The van der Waals surface area contributed by atoms with Crippen molar-refractivity contribution in [3.63, 3.8) is 0 Å². The highest BCUT2D eigenvalue weighted by molar-refractivity contribution is 7.90. The summed E-state index contributed by atoms with van der Waals surface area (Å²) in [5.74, 6) is 0.399. The molecule has 1 heterocycles. The Hall–Kier alpha value is -1.07. The second-order valence-electron chi connectivity index (χ2n) is 3.81. The van der Waals surface area contributed by atoms with Crippen molar-refractivity contribution < 1.29 is 8.42 Å². The molecule has 0 spiro atoms. The van der Waals surface area contributed by atoms with E-state index >= 15 is 0 Å². The fourth-order valence-corrected chi connectivity index (χ4v) is 3.46. The van der Waals surface area contributed by atoms with E-state index < -0.39 is 10.0 Å². The SMILES string of the molecule is CCCCN=C1NS(=O)(=O)c2c(Cl)cccc21. The van der Waals surface area contributed by atoms with Crippen LogP contribution in [0.5, 0.6) is 0 Å². The van der Waals surface area contributed by atoms with E-state index in [0.717, 1.165) is 12.8 Å². The Morgan fingerprint density at radius 2 is 2.18 bits per heavy atom. The van der Waals surface area contributed by atoms with E-state index in [-0.39, 0.29) is 9.92 Å². The van der Waals surface area contributed by atoms with Gasteiger partial charge >= 0.3 is 0 Å². The second-order valence-corrected chi connectivity index (χ2v) is 5.83. The Kier molecular flexibility index (Phi) is 3.40. The first-order chi connectivity index (χ1) is 8.06. The fourth-order valence-electron chi connectivity index (χ4n) is 1.67. The molecule has 0 atom stereocenters. The average Bonchev–Trinajstić information content (AvgIpc) is 2.52. The topological polar surface area (TPSA) is 58.5 Å². The molecule has 0 aromatic heterocycles. The van der Waals surface area contributed by atoms with Gasteiger partial charge in [0.1, 0.15) is 10.7 Å². The Bertz CT molecular complexity index is 567. The predicted octanol–water partition coefficient (Wildman–Crippen LogP) is 2.18. The summed E-state index contributed by atoms with van der Waals surface area (Å²) in [6.45, 7) is 2.67. The largest absolute Gasteiger partial charge is 0.267 e. The third-order valence-electron chi connectivity index (χ3n) is 2.50. The smallest absolute Gasteiger partial charge is 0.265 e. The molecule has 1 aliphatic heterocycles. The molecule has 17 heavy (non-hydrogen) atoms. The highest BCUT2D eigenvalue weighted by Crippen LogP contribution is 2.29. The molecule has 0 bridgehead atoms. The lowest BCUT2D eigenvalue weighted by Gasteiger charge is -1.98. The van der Waals surface area contributed by atoms with E-state index in [1.807, 2.05) is 0 Å². The first-order valence-corrected chi connectivity index (χ1v) is 7.28. The van der Waals surface area contributed by atoms with Gasteiger partial charge in [-0.2, -0.15) is 0 Å². The monoisotopic (exact) mass is 272 g/mol. The van der Waals surface area contributed by atoms with Crippen LogP contribution < -0.4 is 4.72 Å². The van der Waals surface area contributed by atoms with Gasteiger partial charge in [0.25, 0.3) is 10.0 Å². The van der Waals surface area contributed by atoms with Crippen molar-refractivity contribution in [1.82, 2.24) is 4.72 Å². The van der Waals surface area contributed by atoms with Gasteiger partial charge in [0.2, 0.25) is 0 Å². The summed E-state index contributed by atoms with van der Waals surface area (Å²) in [7, 11) is -3.54. The fraction of sp³-hybridized carbons (Fsp3) is 0.364. The molecule has 0 saturated carbocycles. The number of unbranched alkanes of at least 4 members (excludes halogenated alkanes) is 1. The molecule has 2 rings (SSSR count). The molecule has 6 heteroatoms. The van der Waals surface area contributed by atoms with Gasteiger partial charge in [0.15, 0.2) is 0 Å². The van der Waals surface area contributed by atoms with Crippen molar-refractivity contribution in [3.05, 3.63) is 28.8 Å². The first-order valence-electron chi connectivity index (χ1n) is 5.42. The molecule has 1 aromatic carbocycles. The molecular weight excluding hydrogens is 260 g/mol. The zero-order chi connectivity index (χ0) is 12.5. The molecule has 0 fully saturated rings. The van der Waals surface area contributed by atoms with Crippen molar-refractivity contribution in [1.29, 1.82) is 0 Å². The van der Waals surface area contributed by atoms with Crippen LogP contribution in [0.2, 0.25) is 5.02 Å². The minimum absolute atomic E-state index is 0.136. The summed E-state index contributed by atoms with van der Waals surface area (Å²) >= 11 is 5.91. The highest BCUT2D eigenvalue weighted by Gasteiger charge is 2.32. The maximum absolute atomic E-state index is 11.8. The molecule has 1 aliphatic rings. The minimum Gasteiger partial charge on any atom is -0.267 e. The van der Waals surface area contributed by atoms with E-state index in [1.165, 1.54) is 0 Å². The van der Waals surface area contributed by atoms with Crippen molar-refractivity contribution >= 4 is 27.5 Å². The van der Waals surface area contributed by atoms with Crippen molar-refractivity contribution in [2.24, 2.45) is 4.99 Å². The van der Waals surface area contributed by atoms with E-state index in [9.17, 15) is 8.42 Å². The van der Waals surface area contributed by atoms with Gasteiger partial charge < -0.3 is 0 Å². The number of rotatable bonds is 3. The van der Waals surface area contributed by atoms with E-state index in [1.54, 1.807) is 18.2 Å². The van der Waals surface area contributed by atoms with Gasteiger partial charge in [-0.3, -0.25) is 9.71 Å². The van der Waals surface area contributed by atoms with Crippen LogP contribution in [0.3, 0.4) is 0 Å². The molecular formula is C11H13ClN2O2S. The van der Waals surface area contributed by atoms with Crippen LogP contribution in [-0.4, -0.2) is 20.8 Å². The van der Waals surface area contributed by atoms with Crippen LogP contribution in [0, 0.1) is 0 Å². The average molecular weight is 273 g/mol. The Morgan fingerprint density at radius 3 is 2.88 bits per heavy atom. The lowest BCUT2D eigenvalue weighted by molar-refractivity contribution is 0.595. The van der Waals surface area contributed by atoms with Crippen molar-refractivity contribution in [3.8, 4) is 0 Å². The van der Waals surface area contributed by atoms with Crippen LogP contribution in [0.15, 0.2) is 28.1 Å². The molecule has 0 radical (unpaired) electrons. The second kappa shape index (κ2) is 4.66. The minimum atomic E-state index is -3.54. The number of benzene rings is 1. The van der Waals surface area contributed by atoms with Gasteiger partial charge in [0.05, 0.1) is 5.02 Å². The summed E-state index contributed by atoms with van der Waals surface area (Å²) in [6.07, 6.45) is 1.95. The number of sulfonamides is 1. The highest BCUT2D eigenvalue weighted by atomic mass is 35.5. The van der Waals surface area contributed by atoms with Gasteiger partial charge in [-0.1, -0.05) is 31.0 Å². The zero-order valence-electron chi connectivity index (χ0n) is 9.40. The third kappa shape index (κ3) is 2.30. The maximum Gasteiger partial charge on any atom is 0.265 e. The maximum atomic E-state index is 11.8. The summed E-state index contributed by atoms with van der Waals surface area (Å²) in [5.41, 5.74) is 0.564. The molecule has 1 aromatic rings. The normalized spacial score (nSPS) is 19.1. The lowest BCUT2D eigenvalue weighted by atomic mass is 10.2. The van der Waals surface area contributed by atoms with Crippen molar-refractivity contribution in [2.75, 3.05) is 6.54 Å². The Balaban J connectivity index is 2.46. The summed E-state index contributed by atoms with van der Waals surface area (Å²) in [4.78, 5) is 4.39. The predicted molar refractivity (Wildman–Crippen MR) is 68.1 cm³/mol. The van der Waals surface area contributed by atoms with Crippen LogP contribution in [-0.2, 0) is 10.0 Å². The standard InChI is InChI=1S/C11H13ClN2O2S/c1-2-3-7-13-11-8-5-4-6-9(12)10(8)17(15,16)14-11/h4-6H,2-3,7H2,1H3,(H,13,14). The Labute approximate surface area is 106 Å².